The van der Waals surface area contributed by atoms with Crippen molar-refractivity contribution in [2.24, 2.45) is 0 Å². The fourth-order valence-electron chi connectivity index (χ4n) is 4.74. The van der Waals surface area contributed by atoms with Crippen LogP contribution >= 0.6 is 0 Å². The maximum Gasteiger partial charge on any atom is 0.340 e. The van der Waals surface area contributed by atoms with Crippen LogP contribution in [-0.4, -0.2) is 10.1 Å². The van der Waals surface area contributed by atoms with Crippen molar-refractivity contribution in [2.75, 3.05) is 0 Å². The zero-order chi connectivity index (χ0) is 28.2. The van der Waals surface area contributed by atoms with Gasteiger partial charge in [-0.3, -0.25) is 0 Å². The quantitative estimate of drug-likeness (QED) is 0.178. The van der Waals surface area contributed by atoms with Crippen molar-refractivity contribution in [3.8, 4) is 22.9 Å². The van der Waals surface area contributed by atoms with Gasteiger partial charge in [0.15, 0.2) is 6.61 Å². The molecule has 7 nitrogen and oxygen atoms in total. The van der Waals surface area contributed by atoms with Gasteiger partial charge in [-0.25, -0.2) is 4.79 Å². The molecule has 0 saturated carbocycles. The second-order valence-corrected chi connectivity index (χ2v) is 9.82. The molecule has 4 aromatic carbocycles. The Morgan fingerprint density at radius 3 is 2.17 bits per heavy atom. The van der Waals surface area contributed by atoms with Crippen molar-refractivity contribution in [3.63, 3.8) is 0 Å². The van der Waals surface area contributed by atoms with Gasteiger partial charge in [-0.1, -0.05) is 65.8 Å². The number of fused-ring (bicyclic) bond motifs is 1. The predicted molar refractivity (Wildman–Crippen MR) is 156 cm³/mol. The van der Waals surface area contributed by atoms with E-state index in [2.05, 4.69) is 10.1 Å². The van der Waals surface area contributed by atoms with E-state index in [1.165, 1.54) is 0 Å². The third kappa shape index (κ3) is 5.75. The van der Waals surface area contributed by atoms with Crippen LogP contribution in [0.5, 0.6) is 11.5 Å². The van der Waals surface area contributed by atoms with Crippen molar-refractivity contribution in [3.05, 3.63) is 141 Å². The second kappa shape index (κ2) is 11.5. The first kappa shape index (κ1) is 26.1. The molecule has 6 aromatic rings. The van der Waals surface area contributed by atoms with E-state index < -0.39 is 0 Å². The Labute approximate surface area is 237 Å². The molecule has 0 unspecified atom stereocenters. The van der Waals surface area contributed by atoms with Crippen LogP contribution < -0.4 is 15.1 Å². The lowest BCUT2D eigenvalue weighted by Crippen LogP contribution is -2.11. The molecule has 0 aliphatic rings. The topological polar surface area (TPSA) is 87.6 Å². The number of hydrogen-bond donors (Lipinski definition) is 0. The van der Waals surface area contributed by atoms with Crippen LogP contribution in [0.2, 0.25) is 0 Å². The average Bonchev–Trinajstić information content (AvgIpc) is 3.49. The highest BCUT2D eigenvalue weighted by molar-refractivity contribution is 5.85. The third-order valence-electron chi connectivity index (χ3n) is 7.06. The summed E-state index contributed by atoms with van der Waals surface area (Å²) in [6.07, 6.45) is 0.519. The molecule has 0 fully saturated rings. The summed E-state index contributed by atoms with van der Waals surface area (Å²) in [6, 6.07) is 31.2. The van der Waals surface area contributed by atoms with Crippen LogP contribution in [0.1, 0.15) is 33.7 Å². The van der Waals surface area contributed by atoms with Crippen LogP contribution in [0, 0.1) is 13.8 Å². The Morgan fingerprint density at radius 1 is 0.732 bits per heavy atom. The van der Waals surface area contributed by atoms with Gasteiger partial charge in [0.25, 0.3) is 5.89 Å². The Hall–Kier alpha value is -5.17. The summed E-state index contributed by atoms with van der Waals surface area (Å²) in [4.78, 5) is 17.4. The van der Waals surface area contributed by atoms with Gasteiger partial charge in [0.1, 0.15) is 23.7 Å². The first-order valence-electron chi connectivity index (χ1n) is 13.4. The zero-order valence-electron chi connectivity index (χ0n) is 22.8. The lowest BCUT2D eigenvalue weighted by Gasteiger charge is -2.12. The molecule has 0 bridgehead atoms. The van der Waals surface area contributed by atoms with E-state index in [1.807, 2.05) is 111 Å². The Morgan fingerprint density at radius 2 is 1.44 bits per heavy atom. The molecular formula is C34H28N2O5. The number of aromatic nitrogens is 2. The van der Waals surface area contributed by atoms with Crippen molar-refractivity contribution >= 4 is 11.0 Å². The molecule has 7 heteroatoms. The minimum Gasteiger partial charge on any atom is -0.489 e. The van der Waals surface area contributed by atoms with Crippen LogP contribution in [0.15, 0.2) is 111 Å². The fraction of sp³-hybridized carbons (Fsp3) is 0.147. The highest BCUT2D eigenvalue weighted by atomic mass is 16.5. The zero-order valence-corrected chi connectivity index (χ0v) is 22.8. The summed E-state index contributed by atoms with van der Waals surface area (Å²) in [5, 5.41) is 4.98. The first-order chi connectivity index (χ1) is 20.0. The van der Waals surface area contributed by atoms with E-state index in [9.17, 15) is 4.79 Å². The summed E-state index contributed by atoms with van der Waals surface area (Å²) in [6.45, 7) is 4.40. The predicted octanol–water partition coefficient (Wildman–Crippen LogP) is 7.21. The molecule has 0 atom stereocenters. The minimum absolute atomic E-state index is 0.0763. The monoisotopic (exact) mass is 544 g/mol. The van der Waals surface area contributed by atoms with Crippen LogP contribution in [0.3, 0.4) is 0 Å². The summed E-state index contributed by atoms with van der Waals surface area (Å²) in [7, 11) is 0. The van der Waals surface area contributed by atoms with Gasteiger partial charge in [-0.15, -0.1) is 0 Å². The van der Waals surface area contributed by atoms with Crippen molar-refractivity contribution < 1.29 is 18.4 Å². The second-order valence-electron chi connectivity index (χ2n) is 9.82. The first-order valence-corrected chi connectivity index (χ1v) is 13.4. The lowest BCUT2D eigenvalue weighted by molar-refractivity contribution is 0.241. The van der Waals surface area contributed by atoms with Crippen molar-refractivity contribution in [1.82, 2.24) is 10.1 Å². The molecule has 2 aromatic heterocycles. The number of rotatable bonds is 9. The summed E-state index contributed by atoms with van der Waals surface area (Å²) < 4.78 is 23.1. The van der Waals surface area contributed by atoms with Gasteiger partial charge in [-0.05, 0) is 66.9 Å². The number of aryl methyl sites for hydroxylation is 2. The van der Waals surface area contributed by atoms with Gasteiger partial charge < -0.3 is 18.4 Å². The van der Waals surface area contributed by atoms with E-state index in [0.717, 1.165) is 39.0 Å². The smallest absolute Gasteiger partial charge is 0.340 e. The highest BCUT2D eigenvalue weighted by Gasteiger charge is 2.17. The average molecular weight is 545 g/mol. The standard InChI is InChI=1S/C34H28N2O5/c1-22-28-17-18-30(23(2)32(28)40-34(37)29(22)19-24-9-5-3-6-10-24)39-21-31-35-33(36-41-31)26-13-15-27(16-14-26)38-20-25-11-7-4-8-12-25/h3-18H,19-21H2,1-2H3. The number of hydrogen-bond acceptors (Lipinski definition) is 7. The molecular weight excluding hydrogens is 516 g/mol. The van der Waals surface area contributed by atoms with E-state index in [0.29, 0.717) is 41.6 Å². The molecule has 0 aliphatic carbocycles. The molecule has 0 saturated heterocycles. The van der Waals surface area contributed by atoms with Gasteiger partial charge in [0.2, 0.25) is 5.82 Å². The highest BCUT2D eigenvalue weighted by Crippen LogP contribution is 2.30. The molecule has 41 heavy (non-hydrogen) atoms. The van der Waals surface area contributed by atoms with Crippen LogP contribution in [0.25, 0.3) is 22.4 Å². The largest absolute Gasteiger partial charge is 0.489 e. The molecule has 0 spiro atoms. The molecule has 204 valence electrons. The Bertz CT molecular complexity index is 1840. The normalized spacial score (nSPS) is 11.1. The molecule has 0 radical (unpaired) electrons. The van der Waals surface area contributed by atoms with E-state index in [-0.39, 0.29) is 12.2 Å². The fourth-order valence-corrected chi connectivity index (χ4v) is 4.74. The summed E-state index contributed by atoms with van der Waals surface area (Å²) in [5.74, 6) is 2.13. The van der Waals surface area contributed by atoms with E-state index in [4.69, 9.17) is 18.4 Å². The van der Waals surface area contributed by atoms with Gasteiger partial charge in [0, 0.05) is 28.5 Å². The molecule has 0 amide bonds. The van der Waals surface area contributed by atoms with Crippen molar-refractivity contribution in [1.29, 1.82) is 0 Å². The van der Waals surface area contributed by atoms with E-state index >= 15 is 0 Å². The Balaban J connectivity index is 1.13. The summed E-state index contributed by atoms with van der Waals surface area (Å²) >= 11 is 0. The Kier molecular flexibility index (Phi) is 7.32. The SMILES string of the molecule is Cc1c(Cc2ccccc2)c(=O)oc2c(C)c(OCc3nc(-c4ccc(OCc5ccccc5)cc4)no3)ccc12. The maximum absolute atomic E-state index is 12.9. The number of nitrogens with zero attached hydrogens (tertiary/aromatic N) is 2. The number of ether oxygens (including phenoxy) is 2. The minimum atomic E-state index is -0.336. The van der Waals surface area contributed by atoms with Gasteiger partial charge in [0.05, 0.1) is 0 Å². The van der Waals surface area contributed by atoms with Gasteiger partial charge in [-0.2, -0.15) is 4.98 Å². The molecule has 2 heterocycles. The molecule has 0 aliphatic heterocycles. The van der Waals surface area contributed by atoms with E-state index in [1.54, 1.807) is 0 Å². The molecule has 6 rings (SSSR count). The van der Waals surface area contributed by atoms with Gasteiger partial charge >= 0.3 is 5.63 Å². The summed E-state index contributed by atoms with van der Waals surface area (Å²) in [5.41, 5.74) is 5.45. The van der Waals surface area contributed by atoms with Crippen molar-refractivity contribution in [2.45, 2.75) is 33.5 Å². The lowest BCUT2D eigenvalue weighted by atomic mass is 9.98. The molecule has 0 N–H and O–H groups in total. The third-order valence-corrected chi connectivity index (χ3v) is 7.06. The maximum atomic E-state index is 12.9. The number of benzene rings is 4. The van der Waals surface area contributed by atoms with Crippen LogP contribution in [0.4, 0.5) is 0 Å². The van der Waals surface area contributed by atoms with Crippen LogP contribution in [-0.2, 0) is 19.6 Å².